The van der Waals surface area contributed by atoms with Crippen LogP contribution in [0.25, 0.3) is 22.5 Å². The van der Waals surface area contributed by atoms with Crippen LogP contribution >= 0.6 is 11.8 Å². The summed E-state index contributed by atoms with van der Waals surface area (Å²) < 4.78 is 5.31. The van der Waals surface area contributed by atoms with Crippen molar-refractivity contribution in [3.05, 3.63) is 84.9 Å². The lowest BCUT2D eigenvalue weighted by Crippen LogP contribution is -2.23. The molecule has 3 aromatic carbocycles. The molecule has 0 fully saturated rings. The zero-order valence-corrected chi connectivity index (χ0v) is 18.5. The number of aromatic nitrogens is 3. The summed E-state index contributed by atoms with van der Waals surface area (Å²) >= 11 is 1.26. The Morgan fingerprint density at radius 3 is 2.09 bits per heavy atom. The average molecular weight is 443 g/mol. The normalized spacial score (nSPS) is 11.6. The summed E-state index contributed by atoms with van der Waals surface area (Å²) in [5, 5.41) is 11.7. The van der Waals surface area contributed by atoms with Gasteiger partial charge in [-0.05, 0) is 19.1 Å². The van der Waals surface area contributed by atoms with Gasteiger partial charge in [-0.3, -0.25) is 4.79 Å². The monoisotopic (exact) mass is 442 g/mol. The van der Waals surface area contributed by atoms with E-state index in [-0.39, 0.29) is 5.91 Å². The molecule has 0 unspecified atom stereocenters. The number of amides is 1. The van der Waals surface area contributed by atoms with Gasteiger partial charge in [-0.2, -0.15) is 0 Å². The predicted molar refractivity (Wildman–Crippen MR) is 128 cm³/mol. The van der Waals surface area contributed by atoms with Crippen LogP contribution in [0.15, 0.2) is 90.1 Å². The minimum absolute atomic E-state index is 0.170. The fraction of sp³-hybridized carbons (Fsp3) is 0.120. The predicted octanol–water partition coefficient (Wildman–Crippen LogP) is 5.33. The van der Waals surface area contributed by atoms with Crippen LogP contribution in [0.2, 0.25) is 0 Å². The number of hydrogen-bond acceptors (Lipinski definition) is 6. The van der Waals surface area contributed by atoms with Crippen molar-refractivity contribution >= 4 is 23.4 Å². The fourth-order valence-electron chi connectivity index (χ4n) is 3.14. The second-order valence-electron chi connectivity index (χ2n) is 6.97. The Balaban J connectivity index is 1.59. The maximum Gasteiger partial charge on any atom is 0.237 e. The number of benzene rings is 3. The first kappa shape index (κ1) is 21.5. The molecule has 6 nitrogen and oxygen atoms in total. The van der Waals surface area contributed by atoms with Crippen LogP contribution < -0.4 is 10.1 Å². The van der Waals surface area contributed by atoms with Gasteiger partial charge in [0.05, 0.1) is 18.0 Å². The SMILES string of the molecule is COc1ccccc1NC(=O)[C@H](C)Sc1nnc(-c2ccccc2)c(-c2ccccc2)n1. The summed E-state index contributed by atoms with van der Waals surface area (Å²) in [5.74, 6) is 0.436. The minimum Gasteiger partial charge on any atom is -0.495 e. The number of hydrogen-bond donors (Lipinski definition) is 1. The van der Waals surface area contributed by atoms with Crippen molar-refractivity contribution in [1.82, 2.24) is 15.2 Å². The van der Waals surface area contributed by atoms with Gasteiger partial charge in [0, 0.05) is 11.1 Å². The van der Waals surface area contributed by atoms with Crippen LogP contribution in [0.5, 0.6) is 5.75 Å². The number of para-hydroxylation sites is 2. The number of rotatable bonds is 7. The molecule has 0 saturated heterocycles. The van der Waals surface area contributed by atoms with Crippen molar-refractivity contribution in [3.63, 3.8) is 0 Å². The topological polar surface area (TPSA) is 77.0 Å². The molecule has 0 saturated carbocycles. The van der Waals surface area contributed by atoms with E-state index in [1.807, 2.05) is 79.7 Å². The number of nitrogens with one attached hydrogen (secondary N) is 1. The Labute approximate surface area is 191 Å². The Bertz CT molecular complexity index is 1200. The standard InChI is InChI=1S/C25H22N4O2S/c1-17(24(30)26-20-15-9-10-16-21(20)31-2)32-25-27-22(18-11-5-3-6-12-18)23(28-29-25)19-13-7-4-8-14-19/h3-17H,1-2H3,(H,26,30)/t17-/m0/s1. The van der Waals surface area contributed by atoms with Crippen molar-refractivity contribution in [2.24, 2.45) is 0 Å². The van der Waals surface area contributed by atoms with E-state index in [1.54, 1.807) is 19.2 Å². The molecule has 0 radical (unpaired) electrons. The molecule has 160 valence electrons. The molecule has 1 aromatic heterocycles. The fourth-order valence-corrected chi connectivity index (χ4v) is 3.86. The van der Waals surface area contributed by atoms with E-state index in [0.717, 1.165) is 16.8 Å². The lowest BCUT2D eigenvalue weighted by Gasteiger charge is -2.14. The number of carbonyl (C=O) groups is 1. The molecule has 1 amide bonds. The van der Waals surface area contributed by atoms with Gasteiger partial charge in [0.15, 0.2) is 0 Å². The molecule has 0 aliphatic carbocycles. The van der Waals surface area contributed by atoms with Gasteiger partial charge >= 0.3 is 0 Å². The summed E-state index contributed by atoms with van der Waals surface area (Å²) in [6.45, 7) is 1.81. The van der Waals surface area contributed by atoms with Crippen LogP contribution in [-0.2, 0) is 4.79 Å². The Morgan fingerprint density at radius 2 is 1.44 bits per heavy atom. The number of methoxy groups -OCH3 is 1. The zero-order valence-electron chi connectivity index (χ0n) is 17.7. The number of carbonyl (C=O) groups excluding carboxylic acids is 1. The first-order chi connectivity index (χ1) is 15.7. The third-order valence-electron chi connectivity index (χ3n) is 4.78. The minimum atomic E-state index is -0.437. The Kier molecular flexibility index (Phi) is 6.77. The van der Waals surface area contributed by atoms with Crippen LogP contribution in [0.4, 0.5) is 5.69 Å². The second kappa shape index (κ2) is 10.1. The first-order valence-corrected chi connectivity index (χ1v) is 11.0. The van der Waals surface area contributed by atoms with Crippen molar-refractivity contribution in [2.75, 3.05) is 12.4 Å². The molecular weight excluding hydrogens is 420 g/mol. The van der Waals surface area contributed by atoms with Gasteiger partial charge in [-0.1, -0.05) is 84.6 Å². The number of anilines is 1. The lowest BCUT2D eigenvalue weighted by atomic mass is 10.0. The molecule has 0 aliphatic rings. The van der Waals surface area contributed by atoms with E-state index in [1.165, 1.54) is 11.8 Å². The van der Waals surface area contributed by atoms with Gasteiger partial charge in [-0.15, -0.1) is 10.2 Å². The van der Waals surface area contributed by atoms with Crippen molar-refractivity contribution in [2.45, 2.75) is 17.3 Å². The zero-order chi connectivity index (χ0) is 22.3. The number of ether oxygens (including phenoxy) is 1. The second-order valence-corrected chi connectivity index (χ2v) is 8.28. The molecular formula is C25H22N4O2S. The van der Waals surface area contributed by atoms with Crippen LogP contribution in [0, 0.1) is 0 Å². The lowest BCUT2D eigenvalue weighted by molar-refractivity contribution is -0.115. The molecule has 1 N–H and O–H groups in total. The van der Waals surface area contributed by atoms with Gasteiger partial charge in [0.1, 0.15) is 17.1 Å². The number of thioether (sulfide) groups is 1. The van der Waals surface area contributed by atoms with Crippen molar-refractivity contribution < 1.29 is 9.53 Å². The molecule has 7 heteroatoms. The summed E-state index contributed by atoms with van der Waals surface area (Å²) in [6.07, 6.45) is 0. The van der Waals surface area contributed by atoms with Gasteiger partial charge < -0.3 is 10.1 Å². The number of nitrogens with zero attached hydrogens (tertiary/aromatic N) is 3. The highest BCUT2D eigenvalue weighted by atomic mass is 32.2. The molecule has 4 rings (SSSR count). The van der Waals surface area contributed by atoms with Crippen LogP contribution in [0.1, 0.15) is 6.92 Å². The summed E-state index contributed by atoms with van der Waals surface area (Å²) in [6, 6.07) is 27.0. The quantitative estimate of drug-likeness (QED) is 0.390. The maximum absolute atomic E-state index is 12.8. The summed E-state index contributed by atoms with van der Waals surface area (Å²) in [5.41, 5.74) is 3.92. The average Bonchev–Trinajstić information content (AvgIpc) is 2.85. The summed E-state index contributed by atoms with van der Waals surface area (Å²) in [7, 11) is 1.57. The third-order valence-corrected chi connectivity index (χ3v) is 5.73. The van der Waals surface area contributed by atoms with Crippen LogP contribution in [-0.4, -0.2) is 33.4 Å². The van der Waals surface area contributed by atoms with Gasteiger partial charge in [0.2, 0.25) is 11.1 Å². The van der Waals surface area contributed by atoms with E-state index in [0.29, 0.717) is 22.3 Å². The van der Waals surface area contributed by atoms with Crippen molar-refractivity contribution in [3.8, 4) is 28.3 Å². The highest BCUT2D eigenvalue weighted by Crippen LogP contribution is 2.31. The van der Waals surface area contributed by atoms with Gasteiger partial charge in [0.25, 0.3) is 0 Å². The van der Waals surface area contributed by atoms with Gasteiger partial charge in [-0.25, -0.2) is 4.98 Å². The largest absolute Gasteiger partial charge is 0.495 e. The highest BCUT2D eigenvalue weighted by Gasteiger charge is 2.20. The van der Waals surface area contributed by atoms with E-state index < -0.39 is 5.25 Å². The third kappa shape index (κ3) is 4.95. The van der Waals surface area contributed by atoms with Crippen molar-refractivity contribution in [1.29, 1.82) is 0 Å². The van der Waals surface area contributed by atoms with E-state index in [2.05, 4.69) is 15.5 Å². The highest BCUT2D eigenvalue weighted by molar-refractivity contribution is 8.00. The Hall–Kier alpha value is -3.71. The molecule has 0 spiro atoms. The first-order valence-electron chi connectivity index (χ1n) is 10.1. The molecule has 1 heterocycles. The molecule has 32 heavy (non-hydrogen) atoms. The molecule has 1 atom stereocenters. The van der Waals surface area contributed by atoms with E-state index in [9.17, 15) is 4.79 Å². The Morgan fingerprint density at radius 1 is 0.844 bits per heavy atom. The molecule has 4 aromatic rings. The van der Waals surface area contributed by atoms with E-state index >= 15 is 0 Å². The smallest absolute Gasteiger partial charge is 0.237 e. The molecule has 0 aliphatic heterocycles. The maximum atomic E-state index is 12.8. The molecule has 0 bridgehead atoms. The van der Waals surface area contributed by atoms with Crippen LogP contribution in [0.3, 0.4) is 0 Å². The van der Waals surface area contributed by atoms with E-state index in [4.69, 9.17) is 9.72 Å². The summed E-state index contributed by atoms with van der Waals surface area (Å²) in [4.78, 5) is 17.5.